The number of aryl methyl sites for hydroxylation is 1. The van der Waals surface area contributed by atoms with Crippen molar-refractivity contribution in [3.05, 3.63) is 29.8 Å². The van der Waals surface area contributed by atoms with Crippen LogP contribution in [0.3, 0.4) is 0 Å². The molecule has 0 aromatic heterocycles. The van der Waals surface area contributed by atoms with Crippen molar-refractivity contribution in [3.8, 4) is 0 Å². The highest BCUT2D eigenvalue weighted by Crippen LogP contribution is 2.18. The average molecular weight is 354 g/mol. The van der Waals surface area contributed by atoms with Crippen molar-refractivity contribution in [3.63, 3.8) is 0 Å². The predicted octanol–water partition coefficient (Wildman–Crippen LogP) is 0.850. The Morgan fingerprint density at radius 3 is 2.54 bits per heavy atom. The van der Waals surface area contributed by atoms with Gasteiger partial charge in [0.25, 0.3) is 0 Å². The van der Waals surface area contributed by atoms with E-state index in [2.05, 4.69) is 4.72 Å². The number of nitrogens with zero attached hydrogens (tertiary/aromatic N) is 1. The van der Waals surface area contributed by atoms with Crippen LogP contribution in [0.4, 0.5) is 0 Å². The summed E-state index contributed by atoms with van der Waals surface area (Å²) in [5.41, 5.74) is 0.866. The maximum Gasteiger partial charge on any atom is 0.308 e. The molecule has 1 atom stereocenters. The Bertz CT molecular complexity index is 700. The molecular formula is C16H22N2O5S. The van der Waals surface area contributed by atoms with Crippen molar-refractivity contribution in [1.82, 2.24) is 9.62 Å². The van der Waals surface area contributed by atoms with Gasteiger partial charge in [0, 0.05) is 19.5 Å². The smallest absolute Gasteiger partial charge is 0.308 e. The second-order valence-electron chi connectivity index (χ2n) is 5.87. The summed E-state index contributed by atoms with van der Waals surface area (Å²) in [5, 5.41) is 9.07. The number of rotatable bonds is 6. The molecule has 0 spiro atoms. The Balaban J connectivity index is 1.91. The lowest BCUT2D eigenvalue weighted by molar-refractivity contribution is -0.145. The van der Waals surface area contributed by atoms with E-state index in [0.29, 0.717) is 25.8 Å². The molecule has 1 fully saturated rings. The third-order valence-corrected chi connectivity index (χ3v) is 5.68. The van der Waals surface area contributed by atoms with Gasteiger partial charge in [-0.25, -0.2) is 13.1 Å². The topological polar surface area (TPSA) is 104 Å². The van der Waals surface area contributed by atoms with E-state index in [1.165, 1.54) is 19.2 Å². The number of carbonyl (C=O) groups is 2. The molecule has 8 heteroatoms. The van der Waals surface area contributed by atoms with Crippen molar-refractivity contribution in [2.45, 2.75) is 30.6 Å². The molecule has 1 aromatic carbocycles. The molecule has 0 aliphatic carbocycles. The Morgan fingerprint density at radius 2 is 1.96 bits per heavy atom. The number of aliphatic carboxylic acids is 1. The Labute approximate surface area is 141 Å². The number of hydrogen-bond donors (Lipinski definition) is 2. The van der Waals surface area contributed by atoms with Crippen molar-refractivity contribution in [2.24, 2.45) is 5.92 Å². The molecule has 0 saturated carbocycles. The molecule has 1 aliphatic rings. The first-order chi connectivity index (χ1) is 11.3. The molecule has 2 N–H and O–H groups in total. The number of carboxylic acid groups (broad SMARTS) is 1. The van der Waals surface area contributed by atoms with Gasteiger partial charge in [-0.3, -0.25) is 9.59 Å². The molecule has 1 amide bonds. The van der Waals surface area contributed by atoms with Crippen LogP contribution in [0.25, 0.3) is 0 Å². The SMILES string of the molecule is CNS(=O)(=O)c1ccc(CCC(=O)N2CCC[C@@H](C(=O)O)C2)cc1. The van der Waals surface area contributed by atoms with Crippen LogP contribution in [-0.4, -0.2) is 50.4 Å². The largest absolute Gasteiger partial charge is 0.481 e. The standard InChI is InChI=1S/C16H22N2O5S/c1-17-24(22,23)14-7-4-12(5-8-14)6-9-15(19)18-10-2-3-13(11-18)16(20)21/h4-5,7-8,13,17H,2-3,6,9-11H2,1H3,(H,20,21)/t13-/m1/s1. The van der Waals surface area contributed by atoms with Gasteiger partial charge in [-0.05, 0) is 44.0 Å². The van der Waals surface area contributed by atoms with Crippen LogP contribution in [0.2, 0.25) is 0 Å². The van der Waals surface area contributed by atoms with Crippen molar-refractivity contribution >= 4 is 21.9 Å². The molecule has 1 saturated heterocycles. The summed E-state index contributed by atoms with van der Waals surface area (Å²) >= 11 is 0. The van der Waals surface area contributed by atoms with Gasteiger partial charge in [0.2, 0.25) is 15.9 Å². The summed E-state index contributed by atoms with van der Waals surface area (Å²) < 4.78 is 25.5. The fraction of sp³-hybridized carbons (Fsp3) is 0.500. The second kappa shape index (κ2) is 7.76. The van der Waals surface area contributed by atoms with Crippen molar-refractivity contribution in [2.75, 3.05) is 20.1 Å². The van der Waals surface area contributed by atoms with Crippen molar-refractivity contribution < 1.29 is 23.1 Å². The lowest BCUT2D eigenvalue weighted by Gasteiger charge is -2.30. The average Bonchev–Trinajstić information content (AvgIpc) is 2.60. The molecule has 7 nitrogen and oxygen atoms in total. The number of carboxylic acids is 1. The lowest BCUT2D eigenvalue weighted by Crippen LogP contribution is -2.42. The summed E-state index contributed by atoms with van der Waals surface area (Å²) in [4.78, 5) is 25.1. The minimum Gasteiger partial charge on any atom is -0.481 e. The number of piperidine rings is 1. The van der Waals surface area contributed by atoms with Gasteiger partial charge < -0.3 is 10.0 Å². The van der Waals surface area contributed by atoms with Gasteiger partial charge >= 0.3 is 5.97 Å². The van der Waals surface area contributed by atoms with Gasteiger partial charge in [-0.2, -0.15) is 0 Å². The second-order valence-corrected chi connectivity index (χ2v) is 7.76. The van der Waals surface area contributed by atoms with E-state index in [1.54, 1.807) is 17.0 Å². The molecule has 2 rings (SSSR count). The third-order valence-electron chi connectivity index (χ3n) is 4.25. The van der Waals surface area contributed by atoms with E-state index in [4.69, 9.17) is 5.11 Å². The van der Waals surface area contributed by atoms with Gasteiger partial charge in [0.15, 0.2) is 0 Å². The first kappa shape index (κ1) is 18.4. The van der Waals surface area contributed by atoms with E-state index in [1.807, 2.05) is 0 Å². The van der Waals surface area contributed by atoms with E-state index >= 15 is 0 Å². The molecule has 1 aromatic rings. The maximum atomic E-state index is 12.2. The molecular weight excluding hydrogens is 332 g/mol. The minimum atomic E-state index is -3.46. The minimum absolute atomic E-state index is 0.0622. The number of likely N-dealkylation sites (tertiary alicyclic amines) is 1. The number of nitrogens with one attached hydrogen (secondary N) is 1. The molecule has 0 radical (unpaired) electrons. The fourth-order valence-corrected chi connectivity index (χ4v) is 3.50. The Morgan fingerprint density at radius 1 is 1.29 bits per heavy atom. The third kappa shape index (κ3) is 4.55. The van der Waals surface area contributed by atoms with Crippen LogP contribution in [0.5, 0.6) is 0 Å². The van der Waals surface area contributed by atoms with Gasteiger partial charge in [-0.1, -0.05) is 12.1 Å². The van der Waals surface area contributed by atoms with Crippen molar-refractivity contribution in [1.29, 1.82) is 0 Å². The van der Waals surface area contributed by atoms with Crippen LogP contribution in [0.15, 0.2) is 29.2 Å². The summed E-state index contributed by atoms with van der Waals surface area (Å²) in [5.74, 6) is -1.39. The zero-order valence-corrected chi connectivity index (χ0v) is 14.4. The normalized spacial score (nSPS) is 18.4. The number of amides is 1. The van der Waals surface area contributed by atoms with Gasteiger partial charge in [0.05, 0.1) is 10.8 Å². The molecule has 1 heterocycles. The number of carbonyl (C=O) groups excluding carboxylic acids is 1. The number of benzene rings is 1. The predicted molar refractivity (Wildman–Crippen MR) is 87.9 cm³/mol. The van der Waals surface area contributed by atoms with Gasteiger partial charge in [0.1, 0.15) is 0 Å². The summed E-state index contributed by atoms with van der Waals surface area (Å²) in [6.45, 7) is 0.871. The Hall–Kier alpha value is -1.93. The van der Waals surface area contributed by atoms with E-state index in [0.717, 1.165) is 5.56 Å². The zero-order chi connectivity index (χ0) is 17.7. The summed E-state index contributed by atoms with van der Waals surface area (Å²) in [7, 11) is -2.11. The van der Waals surface area contributed by atoms with Crippen LogP contribution in [0.1, 0.15) is 24.8 Å². The van der Waals surface area contributed by atoms with E-state index in [-0.39, 0.29) is 23.8 Å². The Kier molecular flexibility index (Phi) is 5.95. The van der Waals surface area contributed by atoms with Crippen LogP contribution in [-0.2, 0) is 26.0 Å². The molecule has 0 bridgehead atoms. The zero-order valence-electron chi connectivity index (χ0n) is 13.6. The molecule has 24 heavy (non-hydrogen) atoms. The number of sulfonamides is 1. The molecule has 0 unspecified atom stereocenters. The van der Waals surface area contributed by atoms with Crippen LogP contribution >= 0.6 is 0 Å². The number of hydrogen-bond acceptors (Lipinski definition) is 4. The van der Waals surface area contributed by atoms with Gasteiger partial charge in [-0.15, -0.1) is 0 Å². The first-order valence-corrected chi connectivity index (χ1v) is 9.35. The van der Waals surface area contributed by atoms with E-state index in [9.17, 15) is 18.0 Å². The fourth-order valence-electron chi connectivity index (χ4n) is 2.77. The monoisotopic (exact) mass is 354 g/mol. The highest BCUT2D eigenvalue weighted by atomic mass is 32.2. The summed E-state index contributed by atoms with van der Waals surface area (Å²) in [6, 6.07) is 6.39. The highest BCUT2D eigenvalue weighted by molar-refractivity contribution is 7.89. The first-order valence-electron chi connectivity index (χ1n) is 7.86. The lowest BCUT2D eigenvalue weighted by atomic mass is 9.97. The maximum absolute atomic E-state index is 12.2. The summed E-state index contributed by atoms with van der Waals surface area (Å²) in [6.07, 6.45) is 2.09. The van der Waals surface area contributed by atoms with Crippen LogP contribution < -0.4 is 4.72 Å². The highest BCUT2D eigenvalue weighted by Gasteiger charge is 2.27. The molecule has 132 valence electrons. The quantitative estimate of drug-likeness (QED) is 0.788. The molecule has 1 aliphatic heterocycles. The van der Waals surface area contributed by atoms with Crippen LogP contribution in [0, 0.1) is 5.92 Å². The van der Waals surface area contributed by atoms with E-state index < -0.39 is 21.9 Å².